The molecule has 0 bridgehead atoms. The Hall–Kier alpha value is -4.06. The zero-order chi connectivity index (χ0) is 22.8. The number of methoxy groups -OCH3 is 2. The van der Waals surface area contributed by atoms with E-state index in [1.54, 1.807) is 61.7 Å². The maximum atomic E-state index is 13.2. The summed E-state index contributed by atoms with van der Waals surface area (Å²) in [5.74, 6) is 0.935. The van der Waals surface area contributed by atoms with Gasteiger partial charge in [-0.1, -0.05) is 24.3 Å². The van der Waals surface area contributed by atoms with E-state index < -0.39 is 5.97 Å². The molecule has 0 radical (unpaired) electrons. The minimum atomic E-state index is -0.541. The van der Waals surface area contributed by atoms with Crippen LogP contribution in [0.4, 0.5) is 0 Å². The van der Waals surface area contributed by atoms with Gasteiger partial charge >= 0.3 is 5.97 Å². The average molecular weight is 429 g/mol. The molecule has 6 nitrogen and oxygen atoms in total. The van der Waals surface area contributed by atoms with Crippen molar-refractivity contribution in [2.75, 3.05) is 14.2 Å². The number of carbonyl (C=O) groups is 1. The minimum Gasteiger partial charge on any atom is -0.493 e. The second kappa shape index (κ2) is 8.59. The smallest absolute Gasteiger partial charge is 0.345 e. The number of aromatic nitrogens is 1. The van der Waals surface area contributed by atoms with Crippen LogP contribution in [0.1, 0.15) is 21.5 Å². The van der Waals surface area contributed by atoms with E-state index in [4.69, 9.17) is 14.2 Å². The second-order valence-electron chi connectivity index (χ2n) is 7.52. The van der Waals surface area contributed by atoms with E-state index in [1.807, 2.05) is 19.9 Å². The predicted octanol–water partition coefficient (Wildman–Crippen LogP) is 4.84. The summed E-state index contributed by atoms with van der Waals surface area (Å²) in [6.07, 6.45) is 1.51. The van der Waals surface area contributed by atoms with E-state index in [-0.39, 0.29) is 11.1 Å². The summed E-state index contributed by atoms with van der Waals surface area (Å²) < 4.78 is 17.8. The highest BCUT2D eigenvalue weighted by Gasteiger charge is 2.18. The molecule has 0 spiro atoms. The first-order valence-electron chi connectivity index (χ1n) is 10.1. The van der Waals surface area contributed by atoms with Crippen LogP contribution in [0.3, 0.4) is 0 Å². The molecule has 0 amide bonds. The lowest BCUT2D eigenvalue weighted by Gasteiger charge is -2.14. The molecule has 0 aliphatic carbocycles. The average Bonchev–Trinajstić information content (AvgIpc) is 2.78. The lowest BCUT2D eigenvalue weighted by molar-refractivity contribution is 0.0736. The van der Waals surface area contributed by atoms with Crippen molar-refractivity contribution in [1.82, 2.24) is 4.57 Å². The zero-order valence-electron chi connectivity index (χ0n) is 18.3. The van der Waals surface area contributed by atoms with E-state index in [2.05, 4.69) is 0 Å². The standard InChI is InChI=1S/C26H23NO5/c1-16-11-17(2)13-19(12-16)32-26(29)22-15-27(25(28)21-8-6-5-7-20(21)22)18-9-10-23(30-3)24(14-18)31-4/h5-15H,1-4H3. The predicted molar refractivity (Wildman–Crippen MR) is 124 cm³/mol. The van der Waals surface area contributed by atoms with Crippen molar-refractivity contribution >= 4 is 16.7 Å². The largest absolute Gasteiger partial charge is 0.493 e. The molecule has 3 aromatic carbocycles. The molecule has 6 heteroatoms. The summed E-state index contributed by atoms with van der Waals surface area (Å²) >= 11 is 0. The number of hydrogen-bond donors (Lipinski definition) is 0. The van der Waals surface area contributed by atoms with Gasteiger partial charge in [0.25, 0.3) is 5.56 Å². The van der Waals surface area contributed by atoms with Crippen LogP contribution in [0, 0.1) is 13.8 Å². The van der Waals surface area contributed by atoms with E-state index >= 15 is 0 Å². The molecule has 0 saturated carbocycles. The topological polar surface area (TPSA) is 66.8 Å². The van der Waals surface area contributed by atoms with Gasteiger partial charge in [0.15, 0.2) is 11.5 Å². The molecule has 0 saturated heterocycles. The number of pyridine rings is 1. The van der Waals surface area contributed by atoms with Gasteiger partial charge in [0, 0.05) is 23.0 Å². The van der Waals surface area contributed by atoms with Crippen molar-refractivity contribution < 1.29 is 19.0 Å². The van der Waals surface area contributed by atoms with Gasteiger partial charge < -0.3 is 14.2 Å². The van der Waals surface area contributed by atoms with Gasteiger partial charge in [0.05, 0.1) is 25.5 Å². The Kier molecular flexibility index (Phi) is 5.69. The van der Waals surface area contributed by atoms with Gasteiger partial charge in [-0.3, -0.25) is 9.36 Å². The quantitative estimate of drug-likeness (QED) is 0.335. The van der Waals surface area contributed by atoms with Crippen LogP contribution in [0.5, 0.6) is 17.2 Å². The molecule has 0 N–H and O–H groups in total. The molecule has 4 rings (SSSR count). The summed E-state index contributed by atoms with van der Waals surface area (Å²) in [5.41, 5.74) is 2.56. The van der Waals surface area contributed by atoms with Gasteiger partial charge in [-0.15, -0.1) is 0 Å². The lowest BCUT2D eigenvalue weighted by Crippen LogP contribution is -2.22. The molecule has 32 heavy (non-hydrogen) atoms. The fraction of sp³-hybridized carbons (Fsp3) is 0.154. The first-order valence-corrected chi connectivity index (χ1v) is 10.1. The molecule has 162 valence electrons. The van der Waals surface area contributed by atoms with E-state index in [0.29, 0.717) is 33.7 Å². The van der Waals surface area contributed by atoms with Gasteiger partial charge in [-0.2, -0.15) is 0 Å². The van der Waals surface area contributed by atoms with Gasteiger partial charge in [-0.05, 0) is 55.3 Å². The maximum absolute atomic E-state index is 13.2. The molecule has 0 fully saturated rings. The molecule has 1 heterocycles. The number of hydrogen-bond acceptors (Lipinski definition) is 5. The molecule has 0 atom stereocenters. The highest BCUT2D eigenvalue weighted by molar-refractivity contribution is 6.04. The Morgan fingerprint density at radius 3 is 2.12 bits per heavy atom. The monoisotopic (exact) mass is 429 g/mol. The Morgan fingerprint density at radius 2 is 1.47 bits per heavy atom. The zero-order valence-corrected chi connectivity index (χ0v) is 18.3. The van der Waals surface area contributed by atoms with E-state index in [1.165, 1.54) is 17.9 Å². The van der Waals surface area contributed by atoms with Crippen molar-refractivity contribution in [2.24, 2.45) is 0 Å². The summed E-state index contributed by atoms with van der Waals surface area (Å²) in [6, 6.07) is 17.7. The van der Waals surface area contributed by atoms with Crippen LogP contribution in [-0.2, 0) is 0 Å². The molecular formula is C26H23NO5. The maximum Gasteiger partial charge on any atom is 0.345 e. The van der Waals surface area contributed by atoms with E-state index in [0.717, 1.165) is 11.1 Å². The SMILES string of the molecule is COc1ccc(-n2cc(C(=O)Oc3cc(C)cc(C)c3)c3ccccc3c2=O)cc1OC. The normalized spacial score (nSPS) is 10.8. The molecule has 1 aromatic heterocycles. The van der Waals surface area contributed by atoms with Crippen LogP contribution >= 0.6 is 0 Å². The van der Waals surface area contributed by atoms with Crippen molar-refractivity contribution in [1.29, 1.82) is 0 Å². The fourth-order valence-electron chi connectivity index (χ4n) is 3.77. The van der Waals surface area contributed by atoms with Crippen LogP contribution in [-0.4, -0.2) is 24.8 Å². The van der Waals surface area contributed by atoms with Gasteiger partial charge in [-0.25, -0.2) is 4.79 Å². The summed E-state index contributed by atoms with van der Waals surface area (Å²) in [6.45, 7) is 3.88. The molecule has 0 unspecified atom stereocenters. The molecular weight excluding hydrogens is 406 g/mol. The number of benzene rings is 3. The number of carbonyl (C=O) groups excluding carboxylic acids is 1. The highest BCUT2D eigenvalue weighted by atomic mass is 16.5. The summed E-state index contributed by atoms with van der Waals surface area (Å²) in [5, 5.41) is 0.945. The first kappa shape index (κ1) is 21.2. The molecule has 4 aromatic rings. The van der Waals surface area contributed by atoms with Gasteiger partial charge in [0.2, 0.25) is 0 Å². The minimum absolute atomic E-state index is 0.254. The van der Waals surface area contributed by atoms with E-state index in [9.17, 15) is 9.59 Å². The Balaban J connectivity index is 1.87. The summed E-state index contributed by atoms with van der Waals surface area (Å²) in [4.78, 5) is 26.4. The fourth-order valence-corrected chi connectivity index (χ4v) is 3.77. The third-order valence-electron chi connectivity index (χ3n) is 5.20. The molecule has 0 aliphatic rings. The first-order chi connectivity index (χ1) is 15.4. The number of esters is 1. The van der Waals surface area contributed by atoms with Crippen LogP contribution < -0.4 is 19.8 Å². The molecule has 0 aliphatic heterocycles. The van der Waals surface area contributed by atoms with Crippen molar-refractivity contribution in [3.63, 3.8) is 0 Å². The van der Waals surface area contributed by atoms with Crippen molar-refractivity contribution in [3.05, 3.63) is 93.9 Å². The lowest BCUT2D eigenvalue weighted by atomic mass is 10.1. The van der Waals surface area contributed by atoms with Crippen LogP contribution in [0.2, 0.25) is 0 Å². The van der Waals surface area contributed by atoms with Crippen molar-refractivity contribution in [3.8, 4) is 22.9 Å². The Bertz CT molecular complexity index is 1370. The van der Waals surface area contributed by atoms with Gasteiger partial charge in [0.1, 0.15) is 5.75 Å². The Morgan fingerprint density at radius 1 is 0.812 bits per heavy atom. The van der Waals surface area contributed by atoms with Crippen LogP contribution in [0.15, 0.2) is 71.7 Å². The second-order valence-corrected chi connectivity index (χ2v) is 7.52. The third-order valence-corrected chi connectivity index (χ3v) is 5.20. The third kappa shape index (κ3) is 3.95. The number of fused-ring (bicyclic) bond motifs is 1. The number of rotatable bonds is 5. The number of nitrogens with zero attached hydrogens (tertiary/aromatic N) is 1. The number of aryl methyl sites for hydroxylation is 2. The Labute approximate surface area is 185 Å². The summed E-state index contributed by atoms with van der Waals surface area (Å²) in [7, 11) is 3.07. The van der Waals surface area contributed by atoms with Crippen LogP contribution in [0.25, 0.3) is 16.5 Å². The highest BCUT2D eigenvalue weighted by Crippen LogP contribution is 2.29. The van der Waals surface area contributed by atoms with Crippen molar-refractivity contribution in [2.45, 2.75) is 13.8 Å². The number of ether oxygens (including phenoxy) is 3.